The molecular formula is C43H57N3O6. The fourth-order valence-corrected chi connectivity index (χ4v) is 9.37. The van der Waals surface area contributed by atoms with Crippen LogP contribution < -0.4 is 15.0 Å². The van der Waals surface area contributed by atoms with Gasteiger partial charge in [-0.3, -0.25) is 14.4 Å². The number of carbonyl (C=O) groups is 2. The highest BCUT2D eigenvalue weighted by Gasteiger charge is 2.57. The first-order valence-electron chi connectivity index (χ1n) is 18.9. The monoisotopic (exact) mass is 711 g/mol. The molecule has 4 aliphatic rings. The second kappa shape index (κ2) is 15.7. The van der Waals surface area contributed by atoms with E-state index in [1.165, 1.54) is 12.0 Å². The Morgan fingerprint density at radius 3 is 2.46 bits per heavy atom. The van der Waals surface area contributed by atoms with Gasteiger partial charge in [-0.1, -0.05) is 75.4 Å². The van der Waals surface area contributed by atoms with E-state index < -0.39 is 24.2 Å². The van der Waals surface area contributed by atoms with Gasteiger partial charge in [-0.2, -0.15) is 5.06 Å². The van der Waals surface area contributed by atoms with E-state index in [2.05, 4.69) is 38.2 Å². The van der Waals surface area contributed by atoms with Crippen LogP contribution >= 0.6 is 0 Å². The van der Waals surface area contributed by atoms with Gasteiger partial charge in [0.2, 0.25) is 5.91 Å². The van der Waals surface area contributed by atoms with Crippen LogP contribution in [0.3, 0.4) is 0 Å². The van der Waals surface area contributed by atoms with Crippen LogP contribution in [-0.4, -0.2) is 79.1 Å². The van der Waals surface area contributed by atoms with Crippen LogP contribution in [0.4, 0.5) is 5.69 Å². The number of ether oxygens (including phenoxy) is 1. The molecule has 3 aromatic rings. The summed E-state index contributed by atoms with van der Waals surface area (Å²) in [7, 11) is 5.51. The molecule has 2 bridgehead atoms. The third-order valence-electron chi connectivity index (χ3n) is 12.5. The van der Waals surface area contributed by atoms with Gasteiger partial charge in [0, 0.05) is 54.9 Å². The Kier molecular flexibility index (Phi) is 11.5. The highest BCUT2D eigenvalue weighted by Crippen LogP contribution is 2.61. The fourth-order valence-electron chi connectivity index (χ4n) is 9.37. The van der Waals surface area contributed by atoms with E-state index >= 15 is 0 Å². The van der Waals surface area contributed by atoms with Crippen molar-refractivity contribution in [3.63, 3.8) is 0 Å². The Bertz CT molecular complexity index is 1720. The van der Waals surface area contributed by atoms with Crippen LogP contribution in [0.2, 0.25) is 0 Å². The van der Waals surface area contributed by atoms with Gasteiger partial charge in [-0.15, -0.1) is 0 Å². The summed E-state index contributed by atoms with van der Waals surface area (Å²) in [6.45, 7) is 8.45. The number of ketones is 1. The Morgan fingerprint density at radius 1 is 1.08 bits per heavy atom. The molecule has 3 saturated carbocycles. The molecule has 3 aliphatic carbocycles. The normalized spacial score (nSPS) is 27.1. The van der Waals surface area contributed by atoms with Crippen molar-refractivity contribution in [3.05, 3.63) is 83.4 Å². The lowest BCUT2D eigenvalue weighted by atomic mass is 9.45. The van der Waals surface area contributed by atoms with Crippen LogP contribution in [0.5, 0.6) is 5.75 Å². The van der Waals surface area contributed by atoms with Crippen molar-refractivity contribution in [1.29, 1.82) is 0 Å². The van der Waals surface area contributed by atoms with E-state index in [0.29, 0.717) is 40.9 Å². The Morgan fingerprint density at radius 2 is 1.83 bits per heavy atom. The van der Waals surface area contributed by atoms with Gasteiger partial charge in [-0.25, -0.2) is 0 Å². The zero-order valence-electron chi connectivity index (χ0n) is 31.8. The fraction of sp³-hybridized carbons (Fsp3) is 0.535. The van der Waals surface area contributed by atoms with Crippen LogP contribution in [0, 0.1) is 29.1 Å². The average Bonchev–Trinajstić information content (AvgIpc) is 3.50. The molecule has 0 radical (unpaired) electrons. The van der Waals surface area contributed by atoms with Gasteiger partial charge in [0.25, 0.3) is 0 Å². The number of methoxy groups -OCH3 is 1. The lowest BCUT2D eigenvalue weighted by Gasteiger charge is -2.62. The third-order valence-corrected chi connectivity index (χ3v) is 12.5. The van der Waals surface area contributed by atoms with Gasteiger partial charge < -0.3 is 25.2 Å². The highest BCUT2D eigenvalue weighted by molar-refractivity contribution is 6.02. The Labute approximate surface area is 309 Å². The molecular weight excluding hydrogens is 654 g/mol. The summed E-state index contributed by atoms with van der Waals surface area (Å²) in [6.07, 6.45) is 2.62. The summed E-state index contributed by atoms with van der Waals surface area (Å²) < 4.78 is 6.05. The molecule has 52 heavy (non-hydrogen) atoms. The molecule has 1 aliphatic heterocycles. The van der Waals surface area contributed by atoms with Gasteiger partial charge >= 0.3 is 0 Å². The molecule has 0 spiro atoms. The molecule has 7 rings (SSSR count). The van der Waals surface area contributed by atoms with Crippen molar-refractivity contribution < 1.29 is 29.4 Å². The molecule has 3 aromatic carbocycles. The van der Waals surface area contributed by atoms with Crippen molar-refractivity contribution in [3.8, 4) is 16.9 Å². The molecule has 0 aromatic heterocycles. The smallest absolute Gasteiger partial charge is 0.240 e. The summed E-state index contributed by atoms with van der Waals surface area (Å²) in [5, 5.41) is 26.2. The van der Waals surface area contributed by atoms with E-state index in [0.717, 1.165) is 41.6 Å². The predicted octanol–water partition coefficient (Wildman–Crippen LogP) is 6.29. The molecule has 1 saturated heterocycles. The lowest BCUT2D eigenvalue weighted by Crippen LogP contribution is -2.62. The van der Waals surface area contributed by atoms with Crippen LogP contribution in [0.25, 0.3) is 11.1 Å². The van der Waals surface area contributed by atoms with Crippen molar-refractivity contribution in [2.75, 3.05) is 32.7 Å². The maximum atomic E-state index is 14.2. The second-order valence-corrected chi connectivity index (χ2v) is 16.1. The zero-order valence-corrected chi connectivity index (χ0v) is 31.8. The van der Waals surface area contributed by atoms with E-state index in [4.69, 9.17) is 9.57 Å². The van der Waals surface area contributed by atoms with E-state index in [1.54, 1.807) is 19.1 Å². The van der Waals surface area contributed by atoms with Crippen LogP contribution in [-0.2, 0) is 22.6 Å². The number of rotatable bonds is 14. The number of benzene rings is 3. The largest absolute Gasteiger partial charge is 0.496 e. The van der Waals surface area contributed by atoms with Crippen molar-refractivity contribution >= 4 is 17.4 Å². The number of anilines is 1. The number of carbonyl (C=O) groups excluding carboxylic acids is 2. The summed E-state index contributed by atoms with van der Waals surface area (Å²) >= 11 is 0. The number of aliphatic hydroxyl groups is 2. The topological polar surface area (TPSA) is 112 Å². The number of para-hydroxylation sites is 1. The SMILES string of the molecule is COc1c(CN2O[C@@H](CO)[C@H]([C@H](C)O)[C@H]2C(=O)N[C@@H]2C[C@H]3C[C@@H]([C@@H]2C)C3(C)C)cccc1-c1ccc(C(=O)CCCc2ccccc2)c(N(C)C)c1. The first-order chi connectivity index (χ1) is 24.8. The molecule has 280 valence electrons. The first-order valence-corrected chi connectivity index (χ1v) is 18.9. The van der Waals surface area contributed by atoms with Gasteiger partial charge in [0.05, 0.1) is 26.4 Å². The number of Topliss-reactive ketones (excluding diaryl/α,β-unsaturated/α-hetero) is 1. The molecule has 1 heterocycles. The number of hydrogen-bond donors (Lipinski definition) is 3. The molecule has 9 nitrogen and oxygen atoms in total. The van der Waals surface area contributed by atoms with Crippen molar-refractivity contribution in [1.82, 2.24) is 10.4 Å². The maximum Gasteiger partial charge on any atom is 0.240 e. The molecule has 0 unspecified atom stereocenters. The quantitative estimate of drug-likeness (QED) is 0.167. The number of hydroxylamine groups is 2. The zero-order chi connectivity index (χ0) is 37.3. The molecule has 1 amide bonds. The molecule has 4 fully saturated rings. The van der Waals surface area contributed by atoms with Crippen LogP contribution in [0.15, 0.2) is 66.7 Å². The summed E-state index contributed by atoms with van der Waals surface area (Å²) in [6, 6.07) is 21.2. The van der Waals surface area contributed by atoms with Crippen molar-refractivity contribution in [2.24, 2.45) is 29.1 Å². The van der Waals surface area contributed by atoms with E-state index in [9.17, 15) is 19.8 Å². The molecule has 8 atom stereocenters. The minimum absolute atomic E-state index is 0.0522. The number of aryl methyl sites for hydroxylation is 1. The number of amides is 1. The van der Waals surface area contributed by atoms with E-state index in [1.807, 2.05) is 73.6 Å². The average molecular weight is 712 g/mol. The number of hydrogen-bond acceptors (Lipinski definition) is 8. The third kappa shape index (κ3) is 7.38. The van der Waals surface area contributed by atoms with Gasteiger partial charge in [0.15, 0.2) is 5.78 Å². The number of nitrogens with one attached hydrogen (secondary N) is 1. The standard InChI is InChI=1S/C43H57N3O6/c1-26-34-22-31(43(34,3)4)23-35(26)44-42(50)40-39(27(2)48)38(25-47)52-46(40)24-30-16-12-17-32(41(30)51-7)29-19-20-33(36(21-29)45(5)6)37(49)18-11-15-28-13-9-8-10-14-28/h8-10,12-14,16-17,19-21,26-27,31,34-35,38-40,47-48H,11,15,18,22-25H2,1-7H3,(H,44,50)/t26-,27-,31+,34-,35+,38-,39-,40-/m0/s1. The van der Waals surface area contributed by atoms with Gasteiger partial charge in [0.1, 0.15) is 17.9 Å². The number of nitrogens with zero attached hydrogens (tertiary/aromatic N) is 2. The first kappa shape index (κ1) is 38.0. The summed E-state index contributed by atoms with van der Waals surface area (Å²) in [5.74, 6) is 1.42. The van der Waals surface area contributed by atoms with E-state index in [-0.39, 0.29) is 30.9 Å². The molecule has 3 N–H and O–H groups in total. The Hall–Kier alpha value is -3.76. The maximum absolute atomic E-state index is 14.2. The number of fused-ring (bicyclic) bond motifs is 2. The summed E-state index contributed by atoms with van der Waals surface area (Å²) in [4.78, 5) is 35.9. The highest BCUT2D eigenvalue weighted by atomic mass is 16.7. The minimum atomic E-state index is -0.883. The summed E-state index contributed by atoms with van der Waals surface area (Å²) in [5.41, 5.74) is 5.56. The van der Waals surface area contributed by atoms with Crippen molar-refractivity contribution in [2.45, 2.75) is 90.6 Å². The molecule has 9 heteroatoms. The predicted molar refractivity (Wildman–Crippen MR) is 204 cm³/mol. The number of aliphatic hydroxyl groups excluding tert-OH is 2. The van der Waals surface area contributed by atoms with Crippen LogP contribution in [0.1, 0.15) is 74.9 Å². The second-order valence-electron chi connectivity index (χ2n) is 16.1. The minimum Gasteiger partial charge on any atom is -0.496 e. The van der Waals surface area contributed by atoms with Gasteiger partial charge in [-0.05, 0) is 79.0 Å². The Balaban J connectivity index is 1.23. The lowest BCUT2D eigenvalue weighted by molar-refractivity contribution is -0.183.